The summed E-state index contributed by atoms with van der Waals surface area (Å²) in [5.74, 6) is 1.42. The molecule has 0 bridgehead atoms. The first-order valence-corrected chi connectivity index (χ1v) is 12.3. The van der Waals surface area contributed by atoms with Gasteiger partial charge in [-0.2, -0.15) is 0 Å². The van der Waals surface area contributed by atoms with Crippen LogP contribution in [0.25, 0.3) is 6.08 Å². The van der Waals surface area contributed by atoms with E-state index in [9.17, 15) is 9.59 Å². The fourth-order valence-electron chi connectivity index (χ4n) is 5.09. The largest absolute Gasteiger partial charge is 0.497 e. The van der Waals surface area contributed by atoms with E-state index in [4.69, 9.17) is 14.2 Å². The average Bonchev–Trinajstić information content (AvgIpc) is 3.09. The van der Waals surface area contributed by atoms with Gasteiger partial charge >= 0.3 is 6.03 Å². The van der Waals surface area contributed by atoms with Gasteiger partial charge in [-0.3, -0.25) is 14.6 Å². The van der Waals surface area contributed by atoms with Gasteiger partial charge in [0.2, 0.25) is 0 Å². The zero-order valence-corrected chi connectivity index (χ0v) is 21.3. The van der Waals surface area contributed by atoms with E-state index in [0.717, 1.165) is 36.5 Å². The number of nitrogens with zero attached hydrogens (tertiary/aromatic N) is 3. The number of ether oxygens (including phenoxy) is 3. The van der Waals surface area contributed by atoms with E-state index >= 15 is 0 Å². The van der Waals surface area contributed by atoms with Gasteiger partial charge in [-0.25, -0.2) is 4.79 Å². The van der Waals surface area contributed by atoms with Crippen molar-refractivity contribution in [1.82, 2.24) is 14.7 Å². The van der Waals surface area contributed by atoms with Gasteiger partial charge in [-0.15, -0.1) is 0 Å². The Balaban J connectivity index is 1.45. The normalized spacial score (nSPS) is 18.0. The standard InChI is InChI=1S/C28H35N3O5/c1-34-19-18-31-27(33)30(21-22-8-6-11-24(20-22)35-2)26(32)28(31)13-16-29(17-14-28)15-7-10-23-9-4-5-12-25(23)36-3/h4-12,20H,13-19,21H2,1-3H3/b10-7+. The van der Waals surface area contributed by atoms with Crippen LogP contribution < -0.4 is 9.47 Å². The first-order valence-electron chi connectivity index (χ1n) is 12.3. The number of rotatable bonds is 10. The highest BCUT2D eigenvalue weighted by Crippen LogP contribution is 2.38. The molecule has 0 radical (unpaired) electrons. The molecule has 36 heavy (non-hydrogen) atoms. The van der Waals surface area contributed by atoms with E-state index in [0.29, 0.717) is 31.7 Å². The molecule has 0 saturated carbocycles. The summed E-state index contributed by atoms with van der Waals surface area (Å²) in [6.07, 6.45) is 5.38. The number of methoxy groups -OCH3 is 3. The Morgan fingerprint density at radius 1 is 0.972 bits per heavy atom. The zero-order valence-electron chi connectivity index (χ0n) is 21.3. The number of carbonyl (C=O) groups excluding carboxylic acids is 2. The van der Waals surface area contributed by atoms with E-state index in [1.807, 2.05) is 48.5 Å². The first-order chi connectivity index (χ1) is 17.5. The molecular weight excluding hydrogens is 458 g/mol. The highest BCUT2D eigenvalue weighted by Gasteiger charge is 2.57. The third kappa shape index (κ3) is 5.24. The van der Waals surface area contributed by atoms with Gasteiger partial charge < -0.3 is 19.1 Å². The second kappa shape index (κ2) is 11.6. The monoisotopic (exact) mass is 493 g/mol. The maximum absolute atomic E-state index is 13.7. The topological polar surface area (TPSA) is 71.6 Å². The number of piperidine rings is 1. The molecule has 2 saturated heterocycles. The van der Waals surface area contributed by atoms with Gasteiger partial charge in [0.05, 0.1) is 27.4 Å². The van der Waals surface area contributed by atoms with Crippen molar-refractivity contribution in [3.8, 4) is 11.5 Å². The molecule has 0 aromatic heterocycles. The lowest BCUT2D eigenvalue weighted by molar-refractivity contribution is -0.136. The number of carbonyl (C=O) groups is 2. The molecular formula is C28H35N3O5. The minimum absolute atomic E-state index is 0.115. The van der Waals surface area contributed by atoms with Crippen LogP contribution in [-0.4, -0.2) is 86.3 Å². The molecule has 2 aliphatic rings. The molecule has 2 fully saturated rings. The molecule has 3 amide bonds. The molecule has 8 nitrogen and oxygen atoms in total. The van der Waals surface area contributed by atoms with Crippen molar-refractivity contribution in [2.75, 3.05) is 54.1 Å². The number of benzene rings is 2. The summed E-state index contributed by atoms with van der Waals surface area (Å²) in [6.45, 7) is 3.23. The van der Waals surface area contributed by atoms with Crippen LogP contribution in [0.5, 0.6) is 11.5 Å². The number of hydrogen-bond acceptors (Lipinski definition) is 6. The molecule has 2 aromatic carbocycles. The maximum atomic E-state index is 13.7. The summed E-state index contributed by atoms with van der Waals surface area (Å²) in [4.78, 5) is 32.6. The minimum Gasteiger partial charge on any atom is -0.497 e. The van der Waals surface area contributed by atoms with Gasteiger partial charge in [-0.1, -0.05) is 42.5 Å². The lowest BCUT2D eigenvalue weighted by Gasteiger charge is -2.42. The third-order valence-corrected chi connectivity index (χ3v) is 7.10. The van der Waals surface area contributed by atoms with E-state index in [1.165, 1.54) is 4.90 Å². The van der Waals surface area contributed by atoms with E-state index in [-0.39, 0.29) is 18.5 Å². The molecule has 2 heterocycles. The number of imide groups is 1. The van der Waals surface area contributed by atoms with Crippen LogP contribution in [0.15, 0.2) is 54.6 Å². The number of likely N-dealkylation sites (tertiary alicyclic amines) is 1. The second-order valence-electron chi connectivity index (χ2n) is 9.15. The highest BCUT2D eigenvalue weighted by molar-refractivity contribution is 6.07. The van der Waals surface area contributed by atoms with Gasteiger partial charge in [-0.05, 0) is 36.6 Å². The SMILES string of the molecule is COCCN1C(=O)N(Cc2cccc(OC)c2)C(=O)C12CCN(C/C=C/c1ccccc1OC)CC2. The van der Waals surface area contributed by atoms with Crippen LogP contribution in [-0.2, 0) is 16.1 Å². The van der Waals surface area contributed by atoms with Gasteiger partial charge in [0, 0.05) is 38.9 Å². The third-order valence-electron chi connectivity index (χ3n) is 7.10. The molecule has 0 aliphatic carbocycles. The Hall–Kier alpha value is -3.36. The van der Waals surface area contributed by atoms with Crippen LogP contribution in [0.2, 0.25) is 0 Å². The van der Waals surface area contributed by atoms with E-state index in [1.54, 1.807) is 26.2 Å². The van der Waals surface area contributed by atoms with Crippen LogP contribution in [0.1, 0.15) is 24.0 Å². The van der Waals surface area contributed by atoms with Crippen LogP contribution in [0.3, 0.4) is 0 Å². The summed E-state index contributed by atoms with van der Waals surface area (Å²) >= 11 is 0. The lowest BCUT2D eigenvalue weighted by atomic mass is 9.85. The highest BCUT2D eigenvalue weighted by atomic mass is 16.5. The molecule has 2 aromatic rings. The molecule has 0 atom stereocenters. The van der Waals surface area contributed by atoms with Crippen LogP contribution in [0.4, 0.5) is 4.79 Å². The summed E-state index contributed by atoms with van der Waals surface area (Å²) in [7, 11) is 4.88. The van der Waals surface area contributed by atoms with Crippen molar-refractivity contribution in [2.45, 2.75) is 24.9 Å². The predicted octanol–water partition coefficient (Wildman–Crippen LogP) is 3.66. The summed E-state index contributed by atoms with van der Waals surface area (Å²) in [5, 5.41) is 0. The van der Waals surface area contributed by atoms with Crippen LogP contribution >= 0.6 is 0 Å². The molecule has 1 spiro atoms. The van der Waals surface area contributed by atoms with Crippen molar-refractivity contribution in [2.24, 2.45) is 0 Å². The average molecular weight is 494 g/mol. The molecule has 8 heteroatoms. The quantitative estimate of drug-likeness (QED) is 0.471. The number of hydrogen-bond donors (Lipinski definition) is 0. The minimum atomic E-state index is -0.822. The summed E-state index contributed by atoms with van der Waals surface area (Å²) in [6, 6.07) is 15.1. The van der Waals surface area contributed by atoms with Crippen molar-refractivity contribution >= 4 is 18.0 Å². The molecule has 0 unspecified atom stereocenters. The number of urea groups is 1. The first kappa shape index (κ1) is 25.7. The van der Waals surface area contributed by atoms with Crippen LogP contribution in [0, 0.1) is 0 Å². The molecule has 4 rings (SSSR count). The number of para-hydroxylation sites is 1. The van der Waals surface area contributed by atoms with Gasteiger partial charge in [0.1, 0.15) is 17.0 Å². The smallest absolute Gasteiger partial charge is 0.328 e. The van der Waals surface area contributed by atoms with Crippen molar-refractivity contribution in [3.63, 3.8) is 0 Å². The Labute approximate surface area is 213 Å². The van der Waals surface area contributed by atoms with Crippen molar-refractivity contribution < 1.29 is 23.8 Å². The molecule has 192 valence electrons. The predicted molar refractivity (Wildman–Crippen MR) is 138 cm³/mol. The summed E-state index contributed by atoms with van der Waals surface area (Å²) in [5.41, 5.74) is 1.07. The second-order valence-corrected chi connectivity index (χ2v) is 9.15. The van der Waals surface area contributed by atoms with Crippen molar-refractivity contribution in [3.05, 3.63) is 65.7 Å². The Morgan fingerprint density at radius 2 is 1.75 bits per heavy atom. The van der Waals surface area contributed by atoms with E-state index in [2.05, 4.69) is 17.1 Å². The van der Waals surface area contributed by atoms with E-state index < -0.39 is 5.54 Å². The van der Waals surface area contributed by atoms with Gasteiger partial charge in [0.15, 0.2) is 0 Å². The fraction of sp³-hybridized carbons (Fsp3) is 0.429. The Bertz CT molecular complexity index is 1090. The molecule has 2 aliphatic heterocycles. The van der Waals surface area contributed by atoms with Gasteiger partial charge in [0.25, 0.3) is 5.91 Å². The lowest BCUT2D eigenvalue weighted by Crippen LogP contribution is -2.57. The zero-order chi connectivity index (χ0) is 25.5. The molecule has 0 N–H and O–H groups in total. The summed E-state index contributed by atoms with van der Waals surface area (Å²) < 4.78 is 16.0. The Kier molecular flexibility index (Phi) is 8.28. The fourth-order valence-corrected chi connectivity index (χ4v) is 5.09. The number of amides is 3. The maximum Gasteiger partial charge on any atom is 0.328 e. The Morgan fingerprint density at radius 3 is 2.47 bits per heavy atom. The van der Waals surface area contributed by atoms with Crippen molar-refractivity contribution in [1.29, 1.82) is 0 Å².